The molecule has 0 aromatic carbocycles. The summed E-state index contributed by atoms with van der Waals surface area (Å²) in [7, 11) is 5.94. The first-order chi connectivity index (χ1) is 29.8. The van der Waals surface area contributed by atoms with Crippen molar-refractivity contribution >= 4 is 19.5 Å². The molecule has 0 saturated carbocycles. The minimum atomic E-state index is -0.502. The van der Waals surface area contributed by atoms with E-state index in [1.807, 2.05) is 56.3 Å². The zero-order valence-corrected chi connectivity index (χ0v) is 34.9. The van der Waals surface area contributed by atoms with Crippen LogP contribution in [0.5, 0.6) is 0 Å². The molecule has 0 unspecified atom stereocenters. The first-order valence-electron chi connectivity index (χ1n) is 20.6. The lowest BCUT2D eigenvalue weighted by Gasteiger charge is -2.26. The van der Waals surface area contributed by atoms with Gasteiger partial charge in [-0.15, -0.1) is 0 Å². The number of furan rings is 3. The van der Waals surface area contributed by atoms with Crippen LogP contribution in [0, 0.1) is 0 Å². The molecular formula is C45H51BN6O9. The molecule has 0 N–H and O–H groups in total. The average molecular weight is 831 g/mol. The van der Waals surface area contributed by atoms with Crippen LogP contribution in [0.25, 0.3) is 34.0 Å². The van der Waals surface area contributed by atoms with E-state index in [4.69, 9.17) is 60.3 Å². The third-order valence-corrected chi connectivity index (χ3v) is 9.92. The van der Waals surface area contributed by atoms with Crippen molar-refractivity contribution in [2.45, 2.75) is 53.6 Å². The monoisotopic (exact) mass is 830 g/mol. The second-order valence-corrected chi connectivity index (χ2v) is 14.5. The van der Waals surface area contributed by atoms with E-state index in [9.17, 15) is 4.79 Å². The van der Waals surface area contributed by atoms with Gasteiger partial charge in [-0.3, -0.25) is 24.7 Å². The molecule has 61 heavy (non-hydrogen) atoms. The van der Waals surface area contributed by atoms with E-state index in [1.165, 1.54) is 0 Å². The van der Waals surface area contributed by atoms with Gasteiger partial charge in [-0.2, -0.15) is 0 Å². The molecule has 1 fully saturated rings. The topological polar surface area (TPSA) is 151 Å². The van der Waals surface area contributed by atoms with Crippen LogP contribution >= 0.6 is 0 Å². The van der Waals surface area contributed by atoms with E-state index >= 15 is 0 Å². The fraction of sp³-hybridized carbons (Fsp3) is 0.378. The molecule has 1 saturated heterocycles. The van der Waals surface area contributed by atoms with E-state index in [-0.39, 0.29) is 31.2 Å². The second kappa shape index (κ2) is 21.9. The van der Waals surface area contributed by atoms with Gasteiger partial charge in [-0.25, -0.2) is 29.3 Å². The molecule has 1 aliphatic heterocycles. The molecule has 16 heteroatoms. The van der Waals surface area contributed by atoms with Crippen molar-refractivity contribution in [1.29, 1.82) is 0 Å². The molecule has 6 aromatic heterocycles. The number of hydrogen-bond donors (Lipinski definition) is 0. The molecular weight excluding hydrogens is 779 g/mol. The number of ether oxygens (including phenoxy) is 1. The number of pyridine rings is 3. The summed E-state index contributed by atoms with van der Waals surface area (Å²) in [4.78, 5) is 56.2. The van der Waals surface area contributed by atoms with Gasteiger partial charge in [0.05, 0.1) is 60.8 Å². The highest BCUT2D eigenvalue weighted by Gasteiger charge is 2.22. The number of carbonyl (C=O) groups is 1. The maximum absolute atomic E-state index is 13.0. The summed E-state index contributed by atoms with van der Waals surface area (Å²) in [6.45, 7) is 13.0. The van der Waals surface area contributed by atoms with Crippen LogP contribution < -0.4 is 5.66 Å². The van der Waals surface area contributed by atoms with E-state index in [1.54, 1.807) is 37.6 Å². The standard InChI is InChI=1S/C45H51BN6O9/c1-4-54-45(53)40-26-34(43-11-12-44(46)61-43)23-37(49-40)29-52-17-15-50(27-35-21-32(41-9-7-19-55-41)24-38(47-35)30-59-57-5-2)13-14-51(16-18-52)28-36-22-33(42-10-8-20-56-42)25-39(48-36)31-60-58-6-3/h7-12,19-26H,4-6,13-18,27-31H2,1-3H3. The first-order valence-corrected chi connectivity index (χ1v) is 20.6. The van der Waals surface area contributed by atoms with Gasteiger partial charge in [0.1, 0.15) is 36.2 Å². The summed E-state index contributed by atoms with van der Waals surface area (Å²) in [5.74, 6) is 1.52. The molecule has 1 aliphatic rings. The zero-order chi connectivity index (χ0) is 42.4. The van der Waals surface area contributed by atoms with Gasteiger partial charge in [0.25, 0.3) is 0 Å². The van der Waals surface area contributed by atoms with Crippen LogP contribution in [0.4, 0.5) is 0 Å². The van der Waals surface area contributed by atoms with Gasteiger partial charge in [0.2, 0.25) is 0 Å². The summed E-state index contributed by atoms with van der Waals surface area (Å²) in [6.07, 6.45) is 3.32. The normalized spacial score (nSPS) is 14.5. The lowest BCUT2D eigenvalue weighted by Crippen LogP contribution is -2.36. The average Bonchev–Trinajstić information content (AvgIpc) is 4.08. The van der Waals surface area contributed by atoms with Gasteiger partial charge >= 0.3 is 5.97 Å². The van der Waals surface area contributed by atoms with Gasteiger partial charge < -0.3 is 18.0 Å². The molecule has 0 aliphatic carbocycles. The van der Waals surface area contributed by atoms with Crippen molar-refractivity contribution in [3.63, 3.8) is 0 Å². The maximum Gasteiger partial charge on any atom is 0.356 e. The lowest BCUT2D eigenvalue weighted by atomic mass is 10.1. The number of carbonyl (C=O) groups excluding carboxylic acids is 1. The minimum Gasteiger partial charge on any atom is -0.473 e. The Morgan fingerprint density at radius 1 is 0.574 bits per heavy atom. The van der Waals surface area contributed by atoms with Crippen LogP contribution in [0.3, 0.4) is 0 Å². The molecule has 6 aromatic rings. The predicted molar refractivity (Wildman–Crippen MR) is 226 cm³/mol. The number of hydrogen-bond acceptors (Lipinski definition) is 15. The highest BCUT2D eigenvalue weighted by Crippen LogP contribution is 2.26. The Labute approximate surface area is 356 Å². The SMILES string of the molecule is [B]c1ccc(-c2cc(CN3CCN(Cc4cc(-c5ccco5)cc(COOCC)n4)CCN(Cc4cc(-c5ccco5)cc(COOCC)n4)CC3)nc(C(=O)OCC)c2)o1. The summed E-state index contributed by atoms with van der Waals surface area (Å²) in [6, 6.07) is 22.7. The third kappa shape index (κ3) is 12.5. The van der Waals surface area contributed by atoms with E-state index < -0.39 is 5.97 Å². The van der Waals surface area contributed by atoms with Gasteiger partial charge in [-0.1, -0.05) is 0 Å². The Balaban J connectivity index is 1.18. The summed E-state index contributed by atoms with van der Waals surface area (Å²) < 4.78 is 22.7. The quantitative estimate of drug-likeness (QED) is 0.0292. The van der Waals surface area contributed by atoms with Crippen LogP contribution in [0.2, 0.25) is 0 Å². The van der Waals surface area contributed by atoms with Crippen LogP contribution in [0.1, 0.15) is 59.7 Å². The highest BCUT2D eigenvalue weighted by molar-refractivity contribution is 6.29. The number of rotatable bonds is 19. The van der Waals surface area contributed by atoms with Gasteiger partial charge in [0, 0.05) is 81.3 Å². The maximum atomic E-state index is 13.0. The zero-order valence-electron chi connectivity index (χ0n) is 34.9. The van der Waals surface area contributed by atoms with Crippen molar-refractivity contribution in [2.24, 2.45) is 0 Å². The van der Waals surface area contributed by atoms with Crippen molar-refractivity contribution in [1.82, 2.24) is 29.7 Å². The Kier molecular flexibility index (Phi) is 15.6. The Morgan fingerprint density at radius 3 is 1.44 bits per heavy atom. The van der Waals surface area contributed by atoms with Crippen molar-refractivity contribution in [3.05, 3.63) is 119 Å². The van der Waals surface area contributed by atoms with E-state index in [0.29, 0.717) is 63.0 Å². The Morgan fingerprint density at radius 2 is 1.03 bits per heavy atom. The predicted octanol–water partition coefficient (Wildman–Crippen LogP) is 6.38. The summed E-state index contributed by atoms with van der Waals surface area (Å²) >= 11 is 0. The molecule has 0 bridgehead atoms. The highest BCUT2D eigenvalue weighted by atomic mass is 17.2. The largest absolute Gasteiger partial charge is 0.473 e. The molecule has 0 spiro atoms. The van der Waals surface area contributed by atoms with E-state index in [0.717, 1.165) is 71.6 Å². The van der Waals surface area contributed by atoms with E-state index in [2.05, 4.69) is 26.8 Å². The molecule has 318 valence electrons. The summed E-state index contributed by atoms with van der Waals surface area (Å²) in [5, 5.41) is 0. The third-order valence-electron chi connectivity index (χ3n) is 9.92. The smallest absolute Gasteiger partial charge is 0.356 e. The van der Waals surface area contributed by atoms with Crippen LogP contribution in [0.15, 0.2) is 98.6 Å². The van der Waals surface area contributed by atoms with Gasteiger partial charge in [0.15, 0.2) is 7.85 Å². The Bertz CT molecular complexity index is 2180. The fourth-order valence-corrected chi connectivity index (χ4v) is 7.12. The fourth-order valence-electron chi connectivity index (χ4n) is 7.12. The summed E-state index contributed by atoms with van der Waals surface area (Å²) in [5.41, 5.74) is 6.91. The first kappa shape index (κ1) is 43.6. The molecule has 0 atom stereocenters. The van der Waals surface area contributed by atoms with Crippen molar-refractivity contribution in [2.75, 3.05) is 59.1 Å². The molecule has 0 amide bonds. The number of aromatic nitrogens is 3. The van der Waals surface area contributed by atoms with Crippen molar-refractivity contribution < 1.29 is 42.3 Å². The minimum absolute atomic E-state index is 0.197. The second-order valence-electron chi connectivity index (χ2n) is 14.5. The van der Waals surface area contributed by atoms with Crippen molar-refractivity contribution in [3.8, 4) is 34.0 Å². The Hall–Kier alpha value is -5.46. The molecule has 7 rings (SSSR count). The molecule has 2 radical (unpaired) electrons. The number of nitrogens with zero attached hydrogens (tertiary/aromatic N) is 6. The van der Waals surface area contributed by atoms with Gasteiger partial charge in [-0.05, 0) is 93.6 Å². The molecule has 15 nitrogen and oxygen atoms in total. The van der Waals surface area contributed by atoms with Crippen LogP contribution in [-0.2, 0) is 57.1 Å². The number of esters is 1. The molecule has 7 heterocycles. The lowest BCUT2D eigenvalue weighted by molar-refractivity contribution is -0.301. The van der Waals surface area contributed by atoms with Crippen LogP contribution in [-0.4, -0.2) is 103 Å².